The number of hydrogen-bond donors (Lipinski definition) is 0. The fourth-order valence-corrected chi connectivity index (χ4v) is 1.11. The van der Waals surface area contributed by atoms with Crippen molar-refractivity contribution in [2.75, 3.05) is 6.61 Å². The average molecular weight is 170 g/mol. The van der Waals surface area contributed by atoms with Gasteiger partial charge in [0.2, 0.25) is 0 Å². The molecule has 2 nitrogen and oxygen atoms in total. The van der Waals surface area contributed by atoms with Crippen LogP contribution in [0.5, 0.6) is 0 Å². The van der Waals surface area contributed by atoms with Crippen molar-refractivity contribution in [3.63, 3.8) is 0 Å². The van der Waals surface area contributed by atoms with Crippen LogP contribution in [0.1, 0.15) is 39.5 Å². The second-order valence-electron chi connectivity index (χ2n) is 3.64. The van der Waals surface area contributed by atoms with Crippen molar-refractivity contribution in [1.29, 1.82) is 0 Å². The molecule has 0 saturated heterocycles. The maximum absolute atomic E-state index is 11.3. The molecule has 2 heteroatoms. The zero-order chi connectivity index (χ0) is 8.97. The van der Waals surface area contributed by atoms with Crippen LogP contribution in [0.3, 0.4) is 0 Å². The summed E-state index contributed by atoms with van der Waals surface area (Å²) in [5.74, 6) is 0.425. The summed E-state index contributed by atoms with van der Waals surface area (Å²) in [4.78, 5) is 11.3. The Morgan fingerprint density at radius 1 is 1.58 bits per heavy atom. The maximum Gasteiger partial charge on any atom is 0.161 e. The van der Waals surface area contributed by atoms with Gasteiger partial charge in [-0.05, 0) is 25.7 Å². The Bertz CT molecular complexity index is 150. The van der Waals surface area contributed by atoms with Gasteiger partial charge in [-0.15, -0.1) is 0 Å². The normalized spacial score (nSPS) is 20.2. The zero-order valence-electron chi connectivity index (χ0n) is 8.01. The monoisotopic (exact) mass is 170 g/mol. The number of rotatable bonds is 5. The highest BCUT2D eigenvalue weighted by Gasteiger charge is 2.20. The van der Waals surface area contributed by atoms with Crippen LogP contribution in [0.15, 0.2) is 0 Å². The summed E-state index contributed by atoms with van der Waals surface area (Å²) in [6.45, 7) is 4.33. The number of hydrogen-bond acceptors (Lipinski definition) is 2. The van der Waals surface area contributed by atoms with Gasteiger partial charge in [0.25, 0.3) is 0 Å². The zero-order valence-corrected chi connectivity index (χ0v) is 8.01. The predicted octanol–water partition coefficient (Wildman–Crippen LogP) is 2.17. The van der Waals surface area contributed by atoms with Crippen LogP contribution in [0.2, 0.25) is 0 Å². The second kappa shape index (κ2) is 4.61. The number of carbonyl (C=O) groups excluding carboxylic acids is 1. The molecule has 0 heterocycles. The lowest BCUT2D eigenvalue weighted by Crippen LogP contribution is -2.26. The summed E-state index contributed by atoms with van der Waals surface area (Å²) < 4.78 is 5.41. The van der Waals surface area contributed by atoms with E-state index in [0.29, 0.717) is 12.7 Å². The quantitative estimate of drug-likeness (QED) is 0.632. The van der Waals surface area contributed by atoms with Crippen LogP contribution in [-0.2, 0) is 9.53 Å². The largest absolute Gasteiger partial charge is 0.370 e. The minimum absolute atomic E-state index is 0.171. The smallest absolute Gasteiger partial charge is 0.161 e. The molecule has 0 N–H and O–H groups in total. The molecule has 0 spiro atoms. The predicted molar refractivity (Wildman–Crippen MR) is 48.1 cm³/mol. The van der Waals surface area contributed by atoms with E-state index in [1.807, 2.05) is 13.8 Å². The molecular weight excluding hydrogens is 152 g/mol. The molecule has 1 saturated carbocycles. The Hall–Kier alpha value is -0.370. The highest BCUT2D eigenvalue weighted by Crippen LogP contribution is 2.21. The van der Waals surface area contributed by atoms with Crippen LogP contribution < -0.4 is 0 Å². The molecule has 0 aromatic heterocycles. The van der Waals surface area contributed by atoms with Gasteiger partial charge < -0.3 is 4.74 Å². The number of ketones is 1. The molecule has 1 aliphatic carbocycles. The topological polar surface area (TPSA) is 26.3 Å². The summed E-state index contributed by atoms with van der Waals surface area (Å²) in [6, 6.07) is 0. The van der Waals surface area contributed by atoms with Gasteiger partial charge in [-0.1, -0.05) is 13.8 Å². The van der Waals surface area contributed by atoms with E-state index in [0.717, 1.165) is 19.3 Å². The van der Waals surface area contributed by atoms with Gasteiger partial charge in [-0.25, -0.2) is 0 Å². The lowest BCUT2D eigenvalue weighted by Gasteiger charge is -2.25. The fourth-order valence-electron chi connectivity index (χ4n) is 1.11. The molecular formula is C10H18O2. The molecule has 0 aromatic rings. The first-order chi connectivity index (χ1) is 5.74. The summed E-state index contributed by atoms with van der Waals surface area (Å²) in [5, 5.41) is 0. The van der Waals surface area contributed by atoms with Gasteiger partial charge in [0.05, 0.1) is 6.10 Å². The summed E-state index contributed by atoms with van der Waals surface area (Å²) >= 11 is 0. The average Bonchev–Trinajstić information content (AvgIpc) is 2.00. The van der Waals surface area contributed by atoms with E-state index in [1.54, 1.807) is 0 Å². The maximum atomic E-state index is 11.3. The Morgan fingerprint density at radius 3 is 2.67 bits per heavy atom. The third-order valence-electron chi connectivity index (χ3n) is 2.68. The number of ether oxygens (including phenoxy) is 1. The van der Waals surface area contributed by atoms with Gasteiger partial charge >= 0.3 is 0 Å². The van der Waals surface area contributed by atoms with Crippen molar-refractivity contribution in [2.45, 2.75) is 45.6 Å². The van der Waals surface area contributed by atoms with Crippen molar-refractivity contribution in [3.05, 3.63) is 0 Å². The number of Topliss-reactive ketones (excluding diaryl/α,β-unsaturated/α-hetero) is 1. The minimum Gasteiger partial charge on any atom is -0.370 e. The Kier molecular flexibility index (Phi) is 3.73. The van der Waals surface area contributed by atoms with Crippen LogP contribution in [0.25, 0.3) is 0 Å². The third-order valence-corrected chi connectivity index (χ3v) is 2.68. The van der Waals surface area contributed by atoms with E-state index in [1.165, 1.54) is 6.42 Å². The summed E-state index contributed by atoms with van der Waals surface area (Å²) in [6.07, 6.45) is 4.87. The third kappa shape index (κ3) is 2.59. The van der Waals surface area contributed by atoms with Crippen LogP contribution in [-0.4, -0.2) is 18.5 Å². The Balaban J connectivity index is 2.08. The van der Waals surface area contributed by atoms with Gasteiger partial charge in [0.15, 0.2) is 5.78 Å². The van der Waals surface area contributed by atoms with Crippen molar-refractivity contribution >= 4 is 5.78 Å². The van der Waals surface area contributed by atoms with Crippen LogP contribution in [0, 0.1) is 5.92 Å². The molecule has 1 atom stereocenters. The number of carbonyl (C=O) groups is 1. The fraction of sp³-hybridized carbons (Fsp3) is 0.900. The van der Waals surface area contributed by atoms with E-state index >= 15 is 0 Å². The van der Waals surface area contributed by atoms with E-state index < -0.39 is 0 Å². The van der Waals surface area contributed by atoms with Crippen molar-refractivity contribution in [2.24, 2.45) is 5.92 Å². The highest BCUT2D eigenvalue weighted by atomic mass is 16.5. The summed E-state index contributed by atoms with van der Waals surface area (Å²) in [5.41, 5.74) is 0. The van der Waals surface area contributed by atoms with Crippen LogP contribution >= 0.6 is 0 Å². The second-order valence-corrected chi connectivity index (χ2v) is 3.64. The molecule has 70 valence electrons. The first-order valence-corrected chi connectivity index (χ1v) is 4.88. The highest BCUT2D eigenvalue weighted by molar-refractivity contribution is 5.81. The molecule has 0 aliphatic heterocycles. The minimum atomic E-state index is 0.171. The van der Waals surface area contributed by atoms with Crippen molar-refractivity contribution < 1.29 is 9.53 Å². The molecule has 0 bridgehead atoms. The standard InChI is InChI=1S/C10H18O2/c1-3-8(2)10(11)7-12-9-5-4-6-9/h8-9H,3-7H2,1-2H3. The van der Waals surface area contributed by atoms with Gasteiger partial charge in [0.1, 0.15) is 6.61 Å². The van der Waals surface area contributed by atoms with Crippen molar-refractivity contribution in [3.8, 4) is 0 Å². The van der Waals surface area contributed by atoms with E-state index in [9.17, 15) is 4.79 Å². The lowest BCUT2D eigenvalue weighted by atomic mass is 9.96. The molecule has 1 unspecified atom stereocenters. The Morgan fingerprint density at radius 2 is 2.25 bits per heavy atom. The molecule has 12 heavy (non-hydrogen) atoms. The molecule has 0 radical (unpaired) electrons. The van der Waals surface area contributed by atoms with E-state index in [-0.39, 0.29) is 11.7 Å². The molecule has 1 fully saturated rings. The van der Waals surface area contributed by atoms with Gasteiger partial charge in [0, 0.05) is 5.92 Å². The van der Waals surface area contributed by atoms with E-state index in [2.05, 4.69) is 0 Å². The summed E-state index contributed by atoms with van der Waals surface area (Å²) in [7, 11) is 0. The molecule has 0 amide bonds. The first-order valence-electron chi connectivity index (χ1n) is 4.88. The van der Waals surface area contributed by atoms with E-state index in [4.69, 9.17) is 4.74 Å². The molecule has 1 aliphatic rings. The van der Waals surface area contributed by atoms with Gasteiger partial charge in [-0.3, -0.25) is 4.79 Å². The lowest BCUT2D eigenvalue weighted by molar-refractivity contribution is -0.130. The van der Waals surface area contributed by atoms with Crippen molar-refractivity contribution in [1.82, 2.24) is 0 Å². The molecule has 0 aromatic carbocycles. The van der Waals surface area contributed by atoms with Crippen LogP contribution in [0.4, 0.5) is 0 Å². The Labute approximate surface area is 74.3 Å². The SMILES string of the molecule is CCC(C)C(=O)COC1CCC1. The first kappa shape index (κ1) is 9.72. The van der Waals surface area contributed by atoms with Gasteiger partial charge in [-0.2, -0.15) is 0 Å². The molecule has 1 rings (SSSR count).